The number of hydrogen-bond acceptors (Lipinski definition) is 3. The van der Waals surface area contributed by atoms with Gasteiger partial charge >= 0.3 is 12.0 Å². The third-order valence-electron chi connectivity index (χ3n) is 2.59. The molecule has 2 N–H and O–H groups in total. The quantitative estimate of drug-likeness (QED) is 0.579. The average molecular weight is 258 g/mol. The lowest BCUT2D eigenvalue weighted by molar-refractivity contribution is -0.141. The number of nitrogens with zero attached hydrogens (tertiary/aromatic N) is 1. The van der Waals surface area contributed by atoms with Gasteiger partial charge in [0, 0.05) is 12.3 Å². The Balaban J connectivity index is 2.64. The molecule has 2 amide bonds. The van der Waals surface area contributed by atoms with Crippen LogP contribution in [0.2, 0.25) is 0 Å². The third-order valence-corrected chi connectivity index (χ3v) is 4.04. The molecule has 1 saturated heterocycles. The first kappa shape index (κ1) is 13.9. The maximum absolute atomic E-state index is 11.9. The van der Waals surface area contributed by atoms with E-state index in [1.807, 2.05) is 6.92 Å². The summed E-state index contributed by atoms with van der Waals surface area (Å²) in [4.78, 5) is 24.4. The van der Waals surface area contributed by atoms with Crippen LogP contribution in [0.25, 0.3) is 0 Å². The summed E-state index contributed by atoms with van der Waals surface area (Å²) in [6.45, 7) is 6.01. The number of nitrogens with one attached hydrogen (secondary N) is 1. The molecule has 0 aromatic carbocycles. The first-order chi connectivity index (χ1) is 8.11. The number of aliphatic carboxylic acids is 1. The minimum atomic E-state index is -0.938. The zero-order valence-corrected chi connectivity index (χ0v) is 10.7. The van der Waals surface area contributed by atoms with Gasteiger partial charge in [-0.1, -0.05) is 13.0 Å². The summed E-state index contributed by atoms with van der Waals surface area (Å²) in [5.74, 6) is -0.477. The maximum Gasteiger partial charge on any atom is 0.327 e. The largest absolute Gasteiger partial charge is 0.480 e. The second-order valence-corrected chi connectivity index (χ2v) is 4.98. The second-order valence-electron chi connectivity index (χ2n) is 3.77. The topological polar surface area (TPSA) is 69.6 Å². The van der Waals surface area contributed by atoms with Gasteiger partial charge in [0.1, 0.15) is 6.04 Å². The molecule has 0 radical (unpaired) electrons. The zero-order chi connectivity index (χ0) is 12.8. The Kier molecular flexibility index (Phi) is 5.34. The predicted molar refractivity (Wildman–Crippen MR) is 68.0 cm³/mol. The molecule has 1 fully saturated rings. The van der Waals surface area contributed by atoms with Crippen LogP contribution in [0.15, 0.2) is 12.7 Å². The molecule has 17 heavy (non-hydrogen) atoms. The van der Waals surface area contributed by atoms with Gasteiger partial charge in [-0.2, -0.15) is 0 Å². The lowest BCUT2D eigenvalue weighted by atomic mass is 10.3. The maximum atomic E-state index is 11.9. The molecule has 1 aliphatic heterocycles. The molecule has 1 aliphatic rings. The van der Waals surface area contributed by atoms with E-state index in [-0.39, 0.29) is 11.4 Å². The van der Waals surface area contributed by atoms with Gasteiger partial charge in [-0.05, 0) is 12.8 Å². The normalized spacial score (nSPS) is 23.5. The molecular formula is C11H18N2O3S. The Hall–Kier alpha value is -1.17. The Morgan fingerprint density at radius 1 is 1.65 bits per heavy atom. The summed E-state index contributed by atoms with van der Waals surface area (Å²) in [6, 6.07) is -1.01. The highest BCUT2D eigenvalue weighted by molar-refractivity contribution is 8.00. The number of hydrogen-bond donors (Lipinski definition) is 2. The molecule has 0 aromatic rings. The molecule has 1 rings (SSSR count). The Labute approximate surface area is 105 Å². The van der Waals surface area contributed by atoms with E-state index in [9.17, 15) is 9.59 Å². The van der Waals surface area contributed by atoms with E-state index >= 15 is 0 Å². The highest BCUT2D eigenvalue weighted by Crippen LogP contribution is 2.31. The second kappa shape index (κ2) is 6.54. The fourth-order valence-electron chi connectivity index (χ4n) is 1.71. The van der Waals surface area contributed by atoms with Crippen molar-refractivity contribution in [2.45, 2.75) is 31.2 Å². The summed E-state index contributed by atoms with van der Waals surface area (Å²) in [6.07, 6.45) is 3.15. The van der Waals surface area contributed by atoms with Crippen LogP contribution in [0.1, 0.15) is 19.8 Å². The van der Waals surface area contributed by atoms with Gasteiger partial charge in [-0.3, -0.25) is 4.90 Å². The summed E-state index contributed by atoms with van der Waals surface area (Å²) < 4.78 is 0. The van der Waals surface area contributed by atoms with Crippen molar-refractivity contribution in [2.75, 3.05) is 12.3 Å². The molecule has 2 unspecified atom stereocenters. The summed E-state index contributed by atoms with van der Waals surface area (Å²) in [5.41, 5.74) is 0. The number of carboxylic acid groups (broad SMARTS) is 1. The van der Waals surface area contributed by atoms with E-state index in [0.717, 1.165) is 6.42 Å². The van der Waals surface area contributed by atoms with Crippen molar-refractivity contribution in [2.24, 2.45) is 0 Å². The highest BCUT2D eigenvalue weighted by Gasteiger charge is 2.40. The van der Waals surface area contributed by atoms with Gasteiger partial charge in [-0.25, -0.2) is 9.59 Å². The van der Waals surface area contributed by atoms with E-state index in [0.29, 0.717) is 18.7 Å². The Bertz CT molecular complexity index is 309. The number of urea groups is 1. The van der Waals surface area contributed by atoms with Crippen LogP contribution in [0, 0.1) is 0 Å². The monoisotopic (exact) mass is 258 g/mol. The van der Waals surface area contributed by atoms with Gasteiger partial charge in [0.2, 0.25) is 0 Å². The van der Waals surface area contributed by atoms with E-state index in [4.69, 9.17) is 5.11 Å². The predicted octanol–water partition coefficient (Wildman–Crippen LogP) is 1.51. The third kappa shape index (κ3) is 3.39. The summed E-state index contributed by atoms with van der Waals surface area (Å²) >= 11 is 1.52. The summed E-state index contributed by atoms with van der Waals surface area (Å²) in [7, 11) is 0. The minimum Gasteiger partial charge on any atom is -0.480 e. The lowest BCUT2D eigenvalue weighted by Crippen LogP contribution is -2.50. The minimum absolute atomic E-state index is 0.0418. The van der Waals surface area contributed by atoms with Crippen molar-refractivity contribution in [3.8, 4) is 0 Å². The van der Waals surface area contributed by atoms with Crippen LogP contribution in [0.3, 0.4) is 0 Å². The number of thioether (sulfide) groups is 1. The average Bonchev–Trinajstić information content (AvgIpc) is 2.72. The van der Waals surface area contributed by atoms with E-state index in [1.54, 1.807) is 6.08 Å². The van der Waals surface area contributed by atoms with Gasteiger partial charge in [0.05, 0.1) is 5.37 Å². The van der Waals surface area contributed by atoms with Gasteiger partial charge in [0.25, 0.3) is 0 Å². The SMILES string of the molecule is C=CCCNC(=O)N1C(CC)SCC1C(=O)O. The fraction of sp³-hybridized carbons (Fsp3) is 0.636. The van der Waals surface area contributed by atoms with Crippen LogP contribution < -0.4 is 5.32 Å². The van der Waals surface area contributed by atoms with Crippen molar-refractivity contribution in [1.82, 2.24) is 10.2 Å². The number of amides is 2. The Morgan fingerprint density at radius 3 is 2.88 bits per heavy atom. The van der Waals surface area contributed by atoms with Gasteiger partial charge in [0.15, 0.2) is 0 Å². The van der Waals surface area contributed by atoms with Crippen LogP contribution >= 0.6 is 11.8 Å². The first-order valence-corrected chi connectivity index (χ1v) is 6.68. The molecule has 5 nitrogen and oxygen atoms in total. The van der Waals surface area contributed by atoms with Crippen molar-refractivity contribution in [1.29, 1.82) is 0 Å². The highest BCUT2D eigenvalue weighted by atomic mass is 32.2. The standard InChI is InChI=1S/C11H18N2O3S/c1-3-5-6-12-11(16)13-8(10(14)15)7-17-9(13)4-2/h3,8-9H,1,4-7H2,2H3,(H,12,16)(H,14,15). The Morgan fingerprint density at radius 2 is 2.35 bits per heavy atom. The van der Waals surface area contributed by atoms with E-state index in [1.165, 1.54) is 16.7 Å². The molecule has 1 heterocycles. The van der Waals surface area contributed by atoms with Gasteiger partial charge < -0.3 is 10.4 Å². The molecule has 0 bridgehead atoms. The zero-order valence-electron chi connectivity index (χ0n) is 9.89. The molecule has 2 atom stereocenters. The van der Waals surface area contributed by atoms with Crippen LogP contribution in [0.4, 0.5) is 4.79 Å². The van der Waals surface area contributed by atoms with Gasteiger partial charge in [-0.15, -0.1) is 18.3 Å². The number of carbonyl (C=O) groups excluding carboxylic acids is 1. The molecule has 6 heteroatoms. The van der Waals surface area contributed by atoms with E-state index in [2.05, 4.69) is 11.9 Å². The first-order valence-electron chi connectivity index (χ1n) is 5.63. The number of carboxylic acids is 1. The fourth-order valence-corrected chi connectivity index (χ4v) is 3.06. The van der Waals surface area contributed by atoms with Crippen molar-refractivity contribution in [3.63, 3.8) is 0 Å². The van der Waals surface area contributed by atoms with Crippen molar-refractivity contribution < 1.29 is 14.7 Å². The molecule has 0 spiro atoms. The number of rotatable bonds is 5. The number of carbonyl (C=O) groups is 2. The molecule has 0 saturated carbocycles. The molecule has 96 valence electrons. The van der Waals surface area contributed by atoms with Crippen molar-refractivity contribution >= 4 is 23.8 Å². The smallest absolute Gasteiger partial charge is 0.327 e. The molecule has 0 aliphatic carbocycles. The lowest BCUT2D eigenvalue weighted by Gasteiger charge is -2.26. The van der Waals surface area contributed by atoms with Crippen LogP contribution in [-0.2, 0) is 4.79 Å². The van der Waals surface area contributed by atoms with Crippen LogP contribution in [0.5, 0.6) is 0 Å². The summed E-state index contributed by atoms with van der Waals surface area (Å²) in [5, 5.41) is 11.7. The van der Waals surface area contributed by atoms with E-state index < -0.39 is 12.0 Å². The molecule has 0 aromatic heterocycles. The van der Waals surface area contributed by atoms with Crippen LogP contribution in [-0.4, -0.2) is 45.7 Å². The van der Waals surface area contributed by atoms with Crippen molar-refractivity contribution in [3.05, 3.63) is 12.7 Å². The molecular weight excluding hydrogens is 240 g/mol.